The van der Waals surface area contributed by atoms with Crippen molar-refractivity contribution in [3.8, 4) is 17.2 Å². The lowest BCUT2D eigenvalue weighted by atomic mass is 10.1. The molecule has 0 N–H and O–H groups in total. The van der Waals surface area contributed by atoms with E-state index in [1.807, 2.05) is 0 Å². The highest BCUT2D eigenvalue weighted by Crippen LogP contribution is 2.43. The molecule has 9 heteroatoms. The van der Waals surface area contributed by atoms with E-state index in [-0.39, 0.29) is 24.2 Å². The van der Waals surface area contributed by atoms with Gasteiger partial charge in [-0.05, 0) is 48.4 Å². The first kappa shape index (κ1) is 19.6. The summed E-state index contributed by atoms with van der Waals surface area (Å²) >= 11 is 0.831. The van der Waals surface area contributed by atoms with Crippen molar-refractivity contribution in [1.29, 1.82) is 0 Å². The van der Waals surface area contributed by atoms with Crippen molar-refractivity contribution in [1.82, 2.24) is 9.80 Å². The van der Waals surface area contributed by atoms with Gasteiger partial charge >= 0.3 is 0 Å². The van der Waals surface area contributed by atoms with E-state index >= 15 is 0 Å². The number of amides is 3. The molecule has 1 aromatic carbocycles. The quantitative estimate of drug-likeness (QED) is 0.695. The minimum atomic E-state index is -0.459. The minimum absolute atomic E-state index is 0.101. The second kappa shape index (κ2) is 8.36. The summed E-state index contributed by atoms with van der Waals surface area (Å²) in [5, 5.41) is -0.433. The van der Waals surface area contributed by atoms with Gasteiger partial charge in [0, 0.05) is 13.1 Å². The number of fused-ring (bicyclic) bond motifs is 1. The molecule has 3 aliphatic rings. The molecule has 2 fully saturated rings. The number of imide groups is 1. The topological polar surface area (TPSA) is 85.4 Å². The van der Waals surface area contributed by atoms with Crippen molar-refractivity contribution in [3.63, 3.8) is 0 Å². The molecule has 3 aliphatic heterocycles. The van der Waals surface area contributed by atoms with Crippen LogP contribution in [0, 0.1) is 0 Å². The third-order valence-electron chi connectivity index (χ3n) is 5.10. The van der Waals surface area contributed by atoms with Gasteiger partial charge in [-0.15, -0.1) is 0 Å². The maximum absolute atomic E-state index is 12.8. The third kappa shape index (κ3) is 4.05. The average Bonchev–Trinajstić information content (AvgIpc) is 3.15. The first-order valence-electron chi connectivity index (χ1n) is 9.57. The van der Waals surface area contributed by atoms with Crippen molar-refractivity contribution in [2.75, 3.05) is 33.5 Å². The second-order valence-corrected chi connectivity index (χ2v) is 8.01. The van der Waals surface area contributed by atoms with E-state index in [9.17, 15) is 14.4 Å². The molecule has 154 valence electrons. The molecule has 0 spiro atoms. The van der Waals surface area contributed by atoms with Crippen LogP contribution in [0.4, 0.5) is 4.79 Å². The lowest BCUT2D eigenvalue weighted by molar-refractivity contribution is -0.135. The van der Waals surface area contributed by atoms with Gasteiger partial charge in [-0.3, -0.25) is 19.3 Å². The van der Waals surface area contributed by atoms with Crippen LogP contribution in [0.1, 0.15) is 31.2 Å². The molecule has 0 aliphatic carbocycles. The summed E-state index contributed by atoms with van der Waals surface area (Å²) in [4.78, 5) is 40.7. The summed E-state index contributed by atoms with van der Waals surface area (Å²) in [7, 11) is 1.52. The lowest BCUT2D eigenvalue weighted by Crippen LogP contribution is -2.42. The van der Waals surface area contributed by atoms with Crippen molar-refractivity contribution in [2.24, 2.45) is 0 Å². The normalized spacial score (nSPS) is 20.4. The van der Waals surface area contributed by atoms with Crippen LogP contribution >= 0.6 is 11.8 Å². The van der Waals surface area contributed by atoms with Crippen LogP contribution in [-0.4, -0.2) is 60.4 Å². The highest BCUT2D eigenvalue weighted by atomic mass is 32.2. The summed E-state index contributed by atoms with van der Waals surface area (Å²) in [5.74, 6) is 0.883. The maximum Gasteiger partial charge on any atom is 0.294 e. The predicted octanol–water partition coefficient (Wildman–Crippen LogP) is 2.86. The molecule has 3 amide bonds. The maximum atomic E-state index is 12.8. The number of hydrogen-bond donors (Lipinski definition) is 0. The van der Waals surface area contributed by atoms with E-state index in [2.05, 4.69) is 0 Å². The van der Waals surface area contributed by atoms with Gasteiger partial charge in [-0.2, -0.15) is 0 Å². The molecule has 0 atom stereocenters. The van der Waals surface area contributed by atoms with Gasteiger partial charge in [0.25, 0.3) is 11.1 Å². The second-order valence-electron chi connectivity index (χ2n) is 7.02. The van der Waals surface area contributed by atoms with E-state index in [4.69, 9.17) is 14.2 Å². The molecular formula is C20H22N2O6S. The number of thioether (sulfide) groups is 1. The summed E-state index contributed by atoms with van der Waals surface area (Å²) < 4.78 is 16.1. The van der Waals surface area contributed by atoms with Gasteiger partial charge in [0.15, 0.2) is 11.5 Å². The Bertz CT molecular complexity index is 876. The van der Waals surface area contributed by atoms with Crippen LogP contribution in [0.25, 0.3) is 6.08 Å². The van der Waals surface area contributed by atoms with Crippen LogP contribution in [-0.2, 0) is 9.59 Å². The zero-order chi connectivity index (χ0) is 20.4. The minimum Gasteiger partial charge on any atom is -0.493 e. The fourth-order valence-electron chi connectivity index (χ4n) is 3.58. The molecule has 0 aromatic heterocycles. The number of benzene rings is 1. The number of carbonyl (C=O) groups excluding carboxylic acids is 3. The lowest BCUT2D eigenvalue weighted by Gasteiger charge is -2.22. The van der Waals surface area contributed by atoms with Gasteiger partial charge in [0.2, 0.25) is 18.4 Å². The van der Waals surface area contributed by atoms with Crippen LogP contribution in [0.2, 0.25) is 0 Å². The molecule has 0 saturated carbocycles. The van der Waals surface area contributed by atoms with Gasteiger partial charge in [0.05, 0.1) is 12.0 Å². The number of hydrogen-bond acceptors (Lipinski definition) is 7. The van der Waals surface area contributed by atoms with Crippen molar-refractivity contribution >= 4 is 34.9 Å². The number of nitrogens with zero attached hydrogens (tertiary/aromatic N) is 2. The molecule has 0 radical (unpaired) electrons. The Balaban J connectivity index is 1.50. The molecule has 2 saturated heterocycles. The molecule has 0 unspecified atom stereocenters. The molecule has 3 heterocycles. The highest BCUT2D eigenvalue weighted by molar-refractivity contribution is 8.18. The zero-order valence-corrected chi connectivity index (χ0v) is 17.0. The smallest absolute Gasteiger partial charge is 0.294 e. The van der Waals surface area contributed by atoms with Crippen molar-refractivity contribution in [3.05, 3.63) is 22.6 Å². The van der Waals surface area contributed by atoms with Gasteiger partial charge in [0.1, 0.15) is 6.54 Å². The molecule has 29 heavy (non-hydrogen) atoms. The molecular weight excluding hydrogens is 396 g/mol. The van der Waals surface area contributed by atoms with Crippen molar-refractivity contribution < 1.29 is 28.6 Å². The summed E-state index contributed by atoms with van der Waals surface area (Å²) in [6.07, 6.45) is 5.73. The number of ether oxygens (including phenoxy) is 3. The first-order chi connectivity index (χ1) is 14.1. The van der Waals surface area contributed by atoms with E-state index < -0.39 is 11.1 Å². The van der Waals surface area contributed by atoms with Crippen LogP contribution in [0.15, 0.2) is 17.0 Å². The van der Waals surface area contributed by atoms with E-state index in [0.717, 1.165) is 42.3 Å². The zero-order valence-electron chi connectivity index (χ0n) is 16.1. The fraction of sp³-hybridized carbons (Fsp3) is 0.450. The summed E-state index contributed by atoms with van der Waals surface area (Å²) in [6.45, 7) is 1.25. The van der Waals surface area contributed by atoms with E-state index in [1.165, 1.54) is 7.11 Å². The highest BCUT2D eigenvalue weighted by Gasteiger charge is 2.37. The standard InChI is InChI=1S/C20H22N2O6S/c1-26-14-8-13(9-15-18(14)28-12-27-15)10-16-19(24)22(20(25)29-16)11-17(23)21-6-4-2-3-5-7-21/h8-10H,2-7,11-12H2,1H3/b16-10+. The predicted molar refractivity (Wildman–Crippen MR) is 107 cm³/mol. The van der Waals surface area contributed by atoms with E-state index in [0.29, 0.717) is 35.9 Å². The number of likely N-dealkylation sites (tertiary alicyclic amines) is 1. The van der Waals surface area contributed by atoms with Crippen LogP contribution in [0.3, 0.4) is 0 Å². The Hall–Kier alpha value is -2.68. The molecule has 1 aromatic rings. The molecule has 4 rings (SSSR count). The average molecular weight is 418 g/mol. The van der Waals surface area contributed by atoms with Crippen LogP contribution in [0.5, 0.6) is 17.2 Å². The largest absolute Gasteiger partial charge is 0.493 e. The van der Waals surface area contributed by atoms with Gasteiger partial charge in [-0.1, -0.05) is 12.8 Å². The Morgan fingerprint density at radius 2 is 1.93 bits per heavy atom. The summed E-state index contributed by atoms with van der Waals surface area (Å²) in [6, 6.07) is 3.44. The number of carbonyl (C=O) groups is 3. The number of methoxy groups -OCH3 is 1. The Labute approximate surface area is 172 Å². The fourth-order valence-corrected chi connectivity index (χ4v) is 4.41. The monoisotopic (exact) mass is 418 g/mol. The van der Waals surface area contributed by atoms with E-state index in [1.54, 1.807) is 23.1 Å². The third-order valence-corrected chi connectivity index (χ3v) is 6.01. The van der Waals surface area contributed by atoms with Crippen molar-refractivity contribution in [2.45, 2.75) is 25.7 Å². The first-order valence-corrected chi connectivity index (χ1v) is 10.4. The van der Waals surface area contributed by atoms with Gasteiger partial charge in [-0.25, -0.2) is 0 Å². The Morgan fingerprint density at radius 3 is 2.66 bits per heavy atom. The molecule has 0 bridgehead atoms. The number of rotatable bonds is 4. The summed E-state index contributed by atoms with van der Waals surface area (Å²) in [5.41, 5.74) is 0.649. The Morgan fingerprint density at radius 1 is 1.17 bits per heavy atom. The van der Waals surface area contributed by atoms with Gasteiger partial charge < -0.3 is 19.1 Å². The Kier molecular flexibility index (Phi) is 5.66. The molecule has 8 nitrogen and oxygen atoms in total. The SMILES string of the molecule is COc1cc(/C=C2/SC(=O)N(CC(=O)N3CCCCCC3)C2=O)cc2c1OCO2. The van der Waals surface area contributed by atoms with Crippen LogP contribution < -0.4 is 14.2 Å².